The lowest BCUT2D eigenvalue weighted by atomic mass is 9.89. The minimum atomic E-state index is -1.99. The molecule has 1 aliphatic rings. The van der Waals surface area contributed by atoms with E-state index in [0.717, 1.165) is 0 Å². The molecule has 0 saturated heterocycles. The smallest absolute Gasteiger partial charge is 0.264 e. The number of hydrogen-bond acceptors (Lipinski definition) is 4. The van der Waals surface area contributed by atoms with Gasteiger partial charge in [0.1, 0.15) is 0 Å². The van der Waals surface area contributed by atoms with Gasteiger partial charge in [-0.3, -0.25) is 9.59 Å². The van der Waals surface area contributed by atoms with Gasteiger partial charge in [0.15, 0.2) is 11.4 Å². The molecule has 1 N–H and O–H groups in total. The monoisotopic (exact) mass is 415 g/mol. The lowest BCUT2D eigenvalue weighted by molar-refractivity contribution is -0.136. The number of para-hydroxylation sites is 1. The molecule has 1 aliphatic heterocycles. The highest BCUT2D eigenvalue weighted by Gasteiger charge is 2.51. The Morgan fingerprint density at radius 3 is 2.43 bits per heavy atom. The van der Waals surface area contributed by atoms with Gasteiger partial charge in [-0.25, -0.2) is 0 Å². The van der Waals surface area contributed by atoms with Crippen LogP contribution >= 0.6 is 23.2 Å². The summed E-state index contributed by atoms with van der Waals surface area (Å²) in [6.45, 7) is 0.0750. The molecule has 1 amide bonds. The molecule has 0 aliphatic carbocycles. The first kappa shape index (κ1) is 18.7. The normalized spacial score (nSPS) is 18.4. The van der Waals surface area contributed by atoms with Crippen LogP contribution in [0.1, 0.15) is 28.1 Å². The van der Waals surface area contributed by atoms with Crippen LogP contribution in [0.2, 0.25) is 10.0 Å². The highest BCUT2D eigenvalue weighted by Crippen LogP contribution is 2.44. The van der Waals surface area contributed by atoms with Crippen LogP contribution in [-0.4, -0.2) is 16.8 Å². The van der Waals surface area contributed by atoms with E-state index in [2.05, 4.69) is 0 Å². The van der Waals surface area contributed by atoms with E-state index in [0.29, 0.717) is 26.9 Å². The van der Waals surface area contributed by atoms with Crippen molar-refractivity contribution in [2.24, 2.45) is 0 Å². The van der Waals surface area contributed by atoms with Crippen LogP contribution in [0.3, 0.4) is 0 Å². The largest absolute Gasteiger partial charge is 0.461 e. The van der Waals surface area contributed by atoms with Crippen LogP contribution in [0.15, 0.2) is 65.3 Å². The molecule has 2 aromatic carbocycles. The Labute approximate surface area is 171 Å². The van der Waals surface area contributed by atoms with E-state index in [1.54, 1.807) is 48.5 Å². The summed E-state index contributed by atoms with van der Waals surface area (Å²) < 4.78 is 5.11. The Bertz CT molecular complexity index is 1040. The van der Waals surface area contributed by atoms with Gasteiger partial charge in [-0.2, -0.15) is 0 Å². The Morgan fingerprint density at radius 2 is 1.75 bits per heavy atom. The van der Waals surface area contributed by atoms with Gasteiger partial charge < -0.3 is 14.4 Å². The van der Waals surface area contributed by atoms with Crippen LogP contribution in [-0.2, 0) is 16.9 Å². The summed E-state index contributed by atoms with van der Waals surface area (Å²) in [7, 11) is 0. The van der Waals surface area contributed by atoms with Crippen LogP contribution in [0, 0.1) is 0 Å². The molecule has 142 valence electrons. The Morgan fingerprint density at radius 1 is 1.04 bits per heavy atom. The van der Waals surface area contributed by atoms with E-state index in [1.165, 1.54) is 17.2 Å². The predicted octanol–water partition coefficient (Wildman–Crippen LogP) is 4.59. The topological polar surface area (TPSA) is 70.8 Å². The molecule has 4 rings (SSSR count). The quantitative estimate of drug-likeness (QED) is 0.618. The number of benzene rings is 2. The van der Waals surface area contributed by atoms with Crippen molar-refractivity contribution in [2.45, 2.75) is 18.6 Å². The number of rotatable bonds is 5. The number of hydrogen-bond donors (Lipinski definition) is 1. The third-order valence-electron chi connectivity index (χ3n) is 4.83. The maximum absolute atomic E-state index is 13.2. The molecule has 0 saturated carbocycles. The lowest BCUT2D eigenvalue weighted by Gasteiger charge is -2.23. The van der Waals surface area contributed by atoms with Crippen LogP contribution in [0.5, 0.6) is 0 Å². The number of ketones is 1. The number of aliphatic hydroxyl groups is 1. The molecule has 0 radical (unpaired) electrons. The Kier molecular flexibility index (Phi) is 4.75. The first-order chi connectivity index (χ1) is 13.4. The van der Waals surface area contributed by atoms with Crippen molar-refractivity contribution < 1.29 is 19.1 Å². The number of amides is 1. The first-order valence-electron chi connectivity index (χ1n) is 8.55. The maximum Gasteiger partial charge on any atom is 0.264 e. The summed E-state index contributed by atoms with van der Waals surface area (Å²) in [4.78, 5) is 27.2. The molecule has 2 heterocycles. The molecule has 1 aromatic heterocycles. The molecule has 0 fully saturated rings. The number of carbonyl (C=O) groups excluding carboxylic acids is 2. The molecule has 28 heavy (non-hydrogen) atoms. The zero-order valence-electron chi connectivity index (χ0n) is 14.6. The van der Waals surface area contributed by atoms with Crippen molar-refractivity contribution in [3.05, 3.63) is 87.8 Å². The summed E-state index contributed by atoms with van der Waals surface area (Å²) in [5, 5.41) is 12.1. The zero-order valence-corrected chi connectivity index (χ0v) is 16.1. The van der Waals surface area contributed by atoms with E-state index in [1.807, 2.05) is 0 Å². The fourth-order valence-electron chi connectivity index (χ4n) is 3.43. The summed E-state index contributed by atoms with van der Waals surface area (Å²) >= 11 is 12.5. The van der Waals surface area contributed by atoms with E-state index in [4.69, 9.17) is 27.6 Å². The number of furan rings is 1. The van der Waals surface area contributed by atoms with E-state index < -0.39 is 23.7 Å². The molecular weight excluding hydrogens is 401 g/mol. The first-order valence-corrected chi connectivity index (χ1v) is 9.31. The van der Waals surface area contributed by atoms with Crippen molar-refractivity contribution in [1.29, 1.82) is 0 Å². The second-order valence-corrected chi connectivity index (χ2v) is 7.36. The fourth-order valence-corrected chi connectivity index (χ4v) is 3.95. The number of anilines is 1. The third kappa shape index (κ3) is 3.02. The van der Waals surface area contributed by atoms with E-state index in [9.17, 15) is 14.7 Å². The minimum Gasteiger partial charge on any atom is -0.461 e. The molecule has 1 atom stereocenters. The number of Topliss-reactive ketones (excluding diaryl/α,β-unsaturated/α-hetero) is 1. The number of nitrogens with zero attached hydrogens (tertiary/aromatic N) is 1. The predicted molar refractivity (Wildman–Crippen MR) is 106 cm³/mol. The van der Waals surface area contributed by atoms with Crippen LogP contribution in [0.4, 0.5) is 5.69 Å². The molecular formula is C21H15Cl2NO4. The molecule has 1 unspecified atom stereocenters. The Balaban J connectivity index is 1.73. The van der Waals surface area contributed by atoms with Gasteiger partial charge in [0.25, 0.3) is 5.91 Å². The van der Waals surface area contributed by atoms with Gasteiger partial charge in [-0.05, 0) is 30.3 Å². The molecule has 3 aromatic rings. The fraction of sp³-hybridized carbons (Fsp3) is 0.143. The maximum atomic E-state index is 13.2. The van der Waals surface area contributed by atoms with Crippen LogP contribution < -0.4 is 4.90 Å². The summed E-state index contributed by atoms with van der Waals surface area (Å²) in [5.41, 5.74) is -0.550. The molecule has 7 heteroatoms. The van der Waals surface area contributed by atoms with Crippen molar-refractivity contribution in [1.82, 2.24) is 0 Å². The summed E-state index contributed by atoms with van der Waals surface area (Å²) in [6, 6.07) is 15.0. The number of halogens is 2. The Hall–Kier alpha value is -2.60. The summed E-state index contributed by atoms with van der Waals surface area (Å²) in [5.74, 6) is -0.982. The highest BCUT2D eigenvalue weighted by atomic mass is 35.5. The number of fused-ring (bicyclic) bond motifs is 1. The molecule has 5 nitrogen and oxygen atoms in total. The molecule has 0 bridgehead atoms. The lowest BCUT2D eigenvalue weighted by Crippen LogP contribution is -2.41. The second kappa shape index (κ2) is 7.09. The van der Waals surface area contributed by atoms with E-state index in [-0.39, 0.29) is 12.3 Å². The average molecular weight is 416 g/mol. The van der Waals surface area contributed by atoms with Crippen LogP contribution in [0.25, 0.3) is 0 Å². The van der Waals surface area contributed by atoms with Crippen molar-refractivity contribution in [3.8, 4) is 0 Å². The van der Waals surface area contributed by atoms with Gasteiger partial charge in [0, 0.05) is 21.2 Å². The van der Waals surface area contributed by atoms with Gasteiger partial charge in [-0.15, -0.1) is 0 Å². The SMILES string of the molecule is O=C(CC1(O)C(=O)N(Cc2c(Cl)cccc2Cl)c2ccccc21)c1ccco1. The minimum absolute atomic E-state index is 0.0750. The third-order valence-corrected chi connectivity index (χ3v) is 5.54. The zero-order chi connectivity index (χ0) is 19.9. The second-order valence-electron chi connectivity index (χ2n) is 6.55. The highest BCUT2D eigenvalue weighted by molar-refractivity contribution is 6.36. The molecule has 0 spiro atoms. The van der Waals surface area contributed by atoms with Crippen molar-refractivity contribution in [3.63, 3.8) is 0 Å². The van der Waals surface area contributed by atoms with E-state index >= 15 is 0 Å². The van der Waals surface area contributed by atoms with Crippen molar-refractivity contribution >= 4 is 40.6 Å². The summed E-state index contributed by atoms with van der Waals surface area (Å²) in [6.07, 6.45) is 0.941. The van der Waals surface area contributed by atoms with Gasteiger partial charge >= 0.3 is 0 Å². The standard InChI is InChI=1S/C21H15Cl2NO4/c22-15-6-3-7-16(23)13(15)12-24-17-8-2-1-5-14(17)21(27,20(24)26)11-18(25)19-9-4-10-28-19/h1-10,27H,11-12H2. The average Bonchev–Trinajstić information content (AvgIpc) is 3.28. The van der Waals surface area contributed by atoms with Crippen molar-refractivity contribution in [2.75, 3.05) is 4.90 Å². The van der Waals surface area contributed by atoms with Gasteiger partial charge in [0.05, 0.1) is 24.9 Å². The van der Waals surface area contributed by atoms with Gasteiger partial charge in [0.2, 0.25) is 5.78 Å². The number of carbonyl (C=O) groups is 2. The van der Waals surface area contributed by atoms with Gasteiger partial charge in [-0.1, -0.05) is 47.5 Å².